The third-order valence-corrected chi connectivity index (χ3v) is 8.67. The van der Waals surface area contributed by atoms with Gasteiger partial charge in [0.25, 0.3) is 5.91 Å². The van der Waals surface area contributed by atoms with Crippen molar-refractivity contribution in [3.8, 4) is 11.8 Å². The predicted molar refractivity (Wildman–Crippen MR) is 136 cm³/mol. The summed E-state index contributed by atoms with van der Waals surface area (Å²) >= 11 is 1.41. The van der Waals surface area contributed by atoms with Gasteiger partial charge in [-0.25, -0.2) is 9.96 Å². The number of nitriles is 1. The summed E-state index contributed by atoms with van der Waals surface area (Å²) in [5.41, 5.74) is 4.10. The quantitative estimate of drug-likeness (QED) is 0.477. The first-order valence-electron chi connectivity index (χ1n) is 12.1. The Balaban J connectivity index is 1.44. The molecule has 2 aromatic carbocycles. The second-order valence-corrected chi connectivity index (χ2v) is 10.5. The lowest BCUT2D eigenvalue weighted by Gasteiger charge is -2.29. The molecule has 2 fully saturated rings. The van der Waals surface area contributed by atoms with Gasteiger partial charge in [0.1, 0.15) is 22.7 Å². The van der Waals surface area contributed by atoms with E-state index < -0.39 is 24.0 Å². The van der Waals surface area contributed by atoms with E-state index in [1.165, 1.54) is 16.2 Å². The first-order valence-corrected chi connectivity index (χ1v) is 12.9. The molecule has 0 spiro atoms. The van der Waals surface area contributed by atoms with Gasteiger partial charge in [-0.1, -0.05) is 30.3 Å². The van der Waals surface area contributed by atoms with Gasteiger partial charge in [-0.3, -0.25) is 14.4 Å². The molecular formula is C28H25N3O4S. The molecule has 0 saturated carbocycles. The molecule has 36 heavy (non-hydrogen) atoms. The molecule has 0 radical (unpaired) electrons. The molecule has 3 atom stereocenters. The fourth-order valence-electron chi connectivity index (χ4n) is 5.60. The zero-order chi connectivity index (χ0) is 25.0. The van der Waals surface area contributed by atoms with Crippen molar-refractivity contribution in [2.24, 2.45) is 5.92 Å². The zero-order valence-electron chi connectivity index (χ0n) is 20.1. The SMILES string of the molecule is COc1ccc([C@H]2[C@H]3C(=O)N(c4sc5c(c4C#N)CCCC5)C(=O)[C@@H]3ON2c2ccccc2C)cc1. The number of rotatable bonds is 4. The highest BCUT2D eigenvalue weighted by molar-refractivity contribution is 7.17. The van der Waals surface area contributed by atoms with Crippen LogP contribution >= 0.6 is 11.3 Å². The van der Waals surface area contributed by atoms with E-state index in [-0.39, 0.29) is 5.91 Å². The number of fused-ring (bicyclic) bond motifs is 2. The average Bonchev–Trinajstić information content (AvgIpc) is 3.54. The molecule has 6 rings (SSSR count). The molecule has 1 aliphatic carbocycles. The third-order valence-electron chi connectivity index (χ3n) is 7.39. The van der Waals surface area contributed by atoms with E-state index in [1.54, 1.807) is 12.2 Å². The highest BCUT2D eigenvalue weighted by Gasteiger charge is 2.61. The summed E-state index contributed by atoms with van der Waals surface area (Å²) in [6, 6.07) is 17.0. The molecule has 182 valence electrons. The van der Waals surface area contributed by atoms with Gasteiger partial charge < -0.3 is 4.74 Å². The van der Waals surface area contributed by atoms with Crippen LogP contribution in [0.5, 0.6) is 5.75 Å². The number of aryl methyl sites for hydroxylation is 2. The van der Waals surface area contributed by atoms with Crippen LogP contribution in [0.1, 0.15) is 46.0 Å². The number of thiophene rings is 1. The second-order valence-electron chi connectivity index (χ2n) is 9.40. The predicted octanol–water partition coefficient (Wildman–Crippen LogP) is 4.87. The Morgan fingerprint density at radius 3 is 2.53 bits per heavy atom. The molecule has 0 bridgehead atoms. The number of hydrogen-bond donors (Lipinski definition) is 0. The minimum atomic E-state index is -0.963. The van der Waals surface area contributed by atoms with Gasteiger partial charge in [0.15, 0.2) is 6.10 Å². The lowest BCUT2D eigenvalue weighted by molar-refractivity contribution is -0.126. The number of imide groups is 1. The van der Waals surface area contributed by atoms with Crippen LogP contribution in [0.3, 0.4) is 0 Å². The van der Waals surface area contributed by atoms with Crippen LogP contribution in [-0.4, -0.2) is 25.0 Å². The number of ether oxygens (including phenoxy) is 1. The molecular weight excluding hydrogens is 474 g/mol. The number of hydroxylamine groups is 1. The van der Waals surface area contributed by atoms with E-state index in [0.717, 1.165) is 52.9 Å². The van der Waals surface area contributed by atoms with E-state index in [9.17, 15) is 14.9 Å². The van der Waals surface area contributed by atoms with Crippen molar-refractivity contribution in [2.45, 2.75) is 44.8 Å². The smallest absolute Gasteiger partial charge is 0.267 e. The normalized spacial score (nSPS) is 23.0. The lowest BCUT2D eigenvalue weighted by Crippen LogP contribution is -2.37. The number of methoxy groups -OCH3 is 1. The Bertz CT molecular complexity index is 1410. The van der Waals surface area contributed by atoms with E-state index in [0.29, 0.717) is 16.3 Å². The minimum Gasteiger partial charge on any atom is -0.497 e. The van der Waals surface area contributed by atoms with Gasteiger partial charge in [-0.2, -0.15) is 5.26 Å². The van der Waals surface area contributed by atoms with Crippen LogP contribution in [0.4, 0.5) is 10.7 Å². The summed E-state index contributed by atoms with van der Waals surface area (Å²) in [6.07, 6.45) is 2.79. The van der Waals surface area contributed by atoms with Crippen LogP contribution in [0, 0.1) is 24.2 Å². The summed E-state index contributed by atoms with van der Waals surface area (Å²) < 4.78 is 5.32. The van der Waals surface area contributed by atoms with E-state index in [1.807, 2.05) is 55.5 Å². The highest BCUT2D eigenvalue weighted by atomic mass is 32.1. The summed E-state index contributed by atoms with van der Waals surface area (Å²) in [7, 11) is 1.60. The topological polar surface area (TPSA) is 82.9 Å². The molecule has 0 unspecified atom stereocenters. The lowest BCUT2D eigenvalue weighted by atomic mass is 9.90. The monoisotopic (exact) mass is 499 g/mol. The van der Waals surface area contributed by atoms with Crippen molar-refractivity contribution in [1.82, 2.24) is 0 Å². The minimum absolute atomic E-state index is 0.322. The molecule has 0 N–H and O–H groups in total. The molecule has 2 amide bonds. The van der Waals surface area contributed by atoms with Crippen molar-refractivity contribution in [3.05, 3.63) is 75.7 Å². The number of carbonyl (C=O) groups is 2. The third kappa shape index (κ3) is 3.34. The Kier molecular flexibility index (Phi) is 5.55. The summed E-state index contributed by atoms with van der Waals surface area (Å²) in [4.78, 5) is 36.4. The molecule has 3 heterocycles. The molecule has 2 saturated heterocycles. The zero-order valence-corrected chi connectivity index (χ0v) is 20.9. The number of hydrogen-bond acceptors (Lipinski definition) is 7. The Morgan fingerprint density at radius 2 is 1.81 bits per heavy atom. The first kappa shape index (κ1) is 22.8. The number of benzene rings is 2. The first-order chi connectivity index (χ1) is 17.5. The maximum absolute atomic E-state index is 14.0. The molecule has 8 heteroatoms. The number of nitrogens with zero attached hydrogens (tertiary/aromatic N) is 3. The van der Waals surface area contributed by atoms with Crippen molar-refractivity contribution in [1.29, 1.82) is 5.26 Å². The molecule has 3 aromatic rings. The standard InChI is InChI=1S/C28H25N3O4S/c1-16-7-3-5-9-21(16)31-24(17-11-13-18(34-2)14-12-17)23-25(35-31)27(33)30(26(23)32)28-20(15-29)19-8-4-6-10-22(19)36-28/h3,5,7,9,11-14,23-25H,4,6,8,10H2,1-2H3/t23-,24+,25-/m1/s1. The van der Waals surface area contributed by atoms with Gasteiger partial charge in [0, 0.05) is 4.88 Å². The maximum Gasteiger partial charge on any atom is 0.267 e. The van der Waals surface area contributed by atoms with Gasteiger partial charge in [-0.05, 0) is 67.5 Å². The van der Waals surface area contributed by atoms with Gasteiger partial charge in [0.05, 0.1) is 24.4 Å². The van der Waals surface area contributed by atoms with E-state index in [2.05, 4.69) is 6.07 Å². The number of carbonyl (C=O) groups excluding carboxylic acids is 2. The number of para-hydroxylation sites is 1. The fraction of sp³-hybridized carbons (Fsp3) is 0.321. The largest absolute Gasteiger partial charge is 0.497 e. The second kappa shape index (κ2) is 8.77. The van der Waals surface area contributed by atoms with E-state index >= 15 is 0 Å². The number of amides is 2. The molecule has 7 nitrogen and oxygen atoms in total. The van der Waals surface area contributed by atoms with Gasteiger partial charge in [-0.15, -0.1) is 11.3 Å². The van der Waals surface area contributed by atoms with Crippen molar-refractivity contribution in [3.63, 3.8) is 0 Å². The Labute approximate surface area is 213 Å². The average molecular weight is 500 g/mol. The van der Waals surface area contributed by atoms with Crippen LogP contribution in [-0.2, 0) is 27.3 Å². The van der Waals surface area contributed by atoms with Crippen molar-refractivity contribution < 1.29 is 19.2 Å². The van der Waals surface area contributed by atoms with Gasteiger partial charge >= 0.3 is 0 Å². The molecule has 3 aliphatic rings. The summed E-state index contributed by atoms with van der Waals surface area (Å²) in [5, 5.41) is 12.1. The van der Waals surface area contributed by atoms with Gasteiger partial charge in [0.2, 0.25) is 5.91 Å². The Morgan fingerprint density at radius 1 is 1.06 bits per heavy atom. The van der Waals surface area contributed by atoms with Crippen LogP contribution in [0.2, 0.25) is 0 Å². The number of anilines is 2. The summed E-state index contributed by atoms with van der Waals surface area (Å²) in [6.45, 7) is 1.98. The highest BCUT2D eigenvalue weighted by Crippen LogP contribution is 2.50. The van der Waals surface area contributed by atoms with Crippen LogP contribution in [0.25, 0.3) is 0 Å². The molecule has 2 aliphatic heterocycles. The summed E-state index contributed by atoms with van der Waals surface area (Å²) in [5.74, 6) is -0.766. The van der Waals surface area contributed by atoms with Crippen LogP contribution < -0.4 is 14.7 Å². The fourth-order valence-corrected chi connectivity index (χ4v) is 6.95. The van der Waals surface area contributed by atoms with Crippen LogP contribution in [0.15, 0.2) is 48.5 Å². The van der Waals surface area contributed by atoms with E-state index in [4.69, 9.17) is 9.57 Å². The van der Waals surface area contributed by atoms with Crippen molar-refractivity contribution >= 4 is 33.8 Å². The maximum atomic E-state index is 14.0. The van der Waals surface area contributed by atoms with Crippen molar-refractivity contribution in [2.75, 3.05) is 17.1 Å². The molecule has 1 aromatic heterocycles. The Hall–Kier alpha value is -3.67.